The monoisotopic (exact) mass is 206 g/mol. The van der Waals surface area contributed by atoms with Crippen LogP contribution in [0.4, 0.5) is 0 Å². The highest BCUT2D eigenvalue weighted by atomic mass is 16.5. The van der Waals surface area contributed by atoms with Gasteiger partial charge in [0.15, 0.2) is 0 Å². The van der Waals surface area contributed by atoms with Gasteiger partial charge in [0.25, 0.3) is 0 Å². The summed E-state index contributed by atoms with van der Waals surface area (Å²) in [7, 11) is 1.58. The molecule has 0 radical (unpaired) electrons. The van der Waals surface area contributed by atoms with Crippen LogP contribution < -0.4 is 4.74 Å². The van der Waals surface area contributed by atoms with Crippen molar-refractivity contribution < 1.29 is 19.1 Å². The molecule has 78 valence electrons. The van der Waals surface area contributed by atoms with E-state index >= 15 is 0 Å². The SMILES string of the molecule is COc1ccc(COC(=O)C=[N+]=[N-])cc1. The summed E-state index contributed by atoms with van der Waals surface area (Å²) in [6, 6.07) is 7.09. The molecule has 0 aliphatic heterocycles. The number of esters is 1. The van der Waals surface area contributed by atoms with Gasteiger partial charge in [0.2, 0.25) is 0 Å². The minimum Gasteiger partial charge on any atom is -0.497 e. The Kier molecular flexibility index (Phi) is 4.06. The molecule has 5 heteroatoms. The van der Waals surface area contributed by atoms with Crippen LogP contribution in [0.5, 0.6) is 5.75 Å². The van der Waals surface area contributed by atoms with Crippen molar-refractivity contribution in [3.8, 4) is 5.75 Å². The third kappa shape index (κ3) is 3.62. The molecule has 0 saturated carbocycles. The molecule has 1 aromatic carbocycles. The molecule has 0 heterocycles. The van der Waals surface area contributed by atoms with Crippen LogP contribution in [-0.2, 0) is 16.1 Å². The van der Waals surface area contributed by atoms with Crippen LogP contribution in [-0.4, -0.2) is 24.1 Å². The van der Waals surface area contributed by atoms with Crippen molar-refractivity contribution >= 4 is 12.2 Å². The van der Waals surface area contributed by atoms with Gasteiger partial charge in [-0.05, 0) is 17.7 Å². The van der Waals surface area contributed by atoms with Gasteiger partial charge in [-0.1, -0.05) is 12.1 Å². The predicted molar refractivity (Wildman–Crippen MR) is 52.5 cm³/mol. The fourth-order valence-electron chi connectivity index (χ4n) is 0.961. The molecule has 0 bridgehead atoms. The van der Waals surface area contributed by atoms with Crippen LogP contribution in [0.2, 0.25) is 0 Å². The van der Waals surface area contributed by atoms with Gasteiger partial charge in [-0.15, -0.1) is 0 Å². The van der Waals surface area contributed by atoms with Crippen LogP contribution in [0.15, 0.2) is 24.3 Å². The van der Waals surface area contributed by atoms with Crippen molar-refractivity contribution in [3.05, 3.63) is 35.4 Å². The molecule has 0 fully saturated rings. The van der Waals surface area contributed by atoms with Crippen LogP contribution in [0, 0.1) is 0 Å². The smallest absolute Gasteiger partial charge is 0.413 e. The van der Waals surface area contributed by atoms with Gasteiger partial charge in [-0.25, -0.2) is 4.79 Å². The molecule has 0 unspecified atom stereocenters. The van der Waals surface area contributed by atoms with Crippen molar-refractivity contribution in [2.45, 2.75) is 6.61 Å². The maximum Gasteiger partial charge on any atom is 0.413 e. The topological polar surface area (TPSA) is 71.9 Å². The maximum atomic E-state index is 10.8. The van der Waals surface area contributed by atoms with Crippen molar-refractivity contribution in [3.63, 3.8) is 0 Å². The molecule has 0 atom stereocenters. The van der Waals surface area contributed by atoms with Crippen LogP contribution in [0.1, 0.15) is 5.56 Å². The zero-order valence-corrected chi connectivity index (χ0v) is 8.21. The first-order valence-electron chi connectivity index (χ1n) is 4.23. The molecule has 0 aliphatic rings. The molecule has 5 nitrogen and oxygen atoms in total. The molecule has 0 spiro atoms. The predicted octanol–water partition coefficient (Wildman–Crippen LogP) is 1.04. The lowest BCUT2D eigenvalue weighted by atomic mass is 10.2. The van der Waals surface area contributed by atoms with Crippen LogP contribution >= 0.6 is 0 Å². The Bertz CT molecular complexity index is 380. The number of methoxy groups -OCH3 is 1. The van der Waals surface area contributed by atoms with Gasteiger partial charge in [0.1, 0.15) is 12.4 Å². The number of nitrogens with zero attached hydrogens (tertiary/aromatic N) is 2. The van der Waals surface area contributed by atoms with E-state index in [-0.39, 0.29) is 6.61 Å². The minimum atomic E-state index is -0.687. The molecule has 0 aliphatic carbocycles. The zero-order valence-electron chi connectivity index (χ0n) is 8.21. The number of carbonyl (C=O) groups excluding carboxylic acids is 1. The molecule has 0 saturated heterocycles. The van der Waals surface area contributed by atoms with Gasteiger partial charge in [-0.3, -0.25) is 0 Å². The normalized spacial score (nSPS) is 8.87. The average molecular weight is 206 g/mol. The summed E-state index contributed by atoms with van der Waals surface area (Å²) >= 11 is 0. The van der Waals surface area contributed by atoms with Crippen molar-refractivity contribution in [2.75, 3.05) is 7.11 Å². The van der Waals surface area contributed by atoms with Crippen molar-refractivity contribution in [1.29, 1.82) is 0 Å². The summed E-state index contributed by atoms with van der Waals surface area (Å²) in [5.41, 5.74) is 8.88. The largest absolute Gasteiger partial charge is 0.497 e. The summed E-state index contributed by atoms with van der Waals surface area (Å²) in [6.07, 6.45) is 0.698. The van der Waals surface area contributed by atoms with Gasteiger partial charge >= 0.3 is 12.2 Å². The Balaban J connectivity index is 2.51. The molecule has 15 heavy (non-hydrogen) atoms. The number of ether oxygens (including phenoxy) is 2. The Morgan fingerprint density at radius 1 is 1.47 bits per heavy atom. The summed E-state index contributed by atoms with van der Waals surface area (Å²) in [4.78, 5) is 13.3. The van der Waals surface area contributed by atoms with E-state index in [1.54, 1.807) is 31.4 Å². The van der Waals surface area contributed by atoms with Gasteiger partial charge in [0.05, 0.1) is 7.11 Å². The highest BCUT2D eigenvalue weighted by molar-refractivity contribution is 6.20. The summed E-state index contributed by atoms with van der Waals surface area (Å²) < 4.78 is 9.72. The second kappa shape index (κ2) is 5.57. The number of benzene rings is 1. The Morgan fingerprint density at radius 2 is 2.13 bits per heavy atom. The fourth-order valence-corrected chi connectivity index (χ4v) is 0.961. The van der Waals surface area contributed by atoms with E-state index in [1.807, 2.05) is 0 Å². The first-order chi connectivity index (χ1) is 7.26. The zero-order chi connectivity index (χ0) is 11.1. The van der Waals surface area contributed by atoms with Gasteiger partial charge < -0.3 is 15.0 Å². The second-order valence-corrected chi connectivity index (χ2v) is 2.70. The summed E-state index contributed by atoms with van der Waals surface area (Å²) in [5.74, 6) is 0.0512. The lowest BCUT2D eigenvalue weighted by Crippen LogP contribution is -2.05. The van der Waals surface area contributed by atoms with Gasteiger partial charge in [0, 0.05) is 0 Å². The van der Waals surface area contributed by atoms with E-state index in [0.29, 0.717) is 6.21 Å². The molecular weight excluding hydrogens is 196 g/mol. The molecule has 1 aromatic rings. The number of hydrogen-bond acceptors (Lipinski definition) is 3. The Labute approximate surface area is 86.9 Å². The maximum absolute atomic E-state index is 10.8. The third-order valence-electron chi connectivity index (χ3n) is 1.70. The highest BCUT2D eigenvalue weighted by Gasteiger charge is 2.03. The van der Waals surface area contributed by atoms with E-state index in [2.05, 4.69) is 4.79 Å². The Morgan fingerprint density at radius 3 is 2.67 bits per heavy atom. The standard InChI is InChI=1S/C10H10N2O3/c1-14-9-4-2-8(3-5-9)7-15-10(13)6-12-11/h2-6H,7H2,1H3. The van der Waals surface area contributed by atoms with Crippen molar-refractivity contribution in [1.82, 2.24) is 0 Å². The first-order valence-corrected chi connectivity index (χ1v) is 4.23. The minimum absolute atomic E-state index is 0.134. The quantitative estimate of drug-likeness (QED) is 0.320. The highest BCUT2D eigenvalue weighted by Crippen LogP contribution is 2.11. The summed E-state index contributed by atoms with van der Waals surface area (Å²) in [5, 5.41) is 0. The fraction of sp³-hybridized carbons (Fsp3) is 0.200. The van der Waals surface area contributed by atoms with E-state index < -0.39 is 5.97 Å². The molecule has 0 N–H and O–H groups in total. The van der Waals surface area contributed by atoms with E-state index in [4.69, 9.17) is 15.0 Å². The van der Waals surface area contributed by atoms with E-state index in [0.717, 1.165) is 11.3 Å². The van der Waals surface area contributed by atoms with Crippen molar-refractivity contribution in [2.24, 2.45) is 0 Å². The van der Waals surface area contributed by atoms with Crippen LogP contribution in [0.25, 0.3) is 5.53 Å². The molecule has 0 aromatic heterocycles. The van der Waals surface area contributed by atoms with Crippen LogP contribution in [0.3, 0.4) is 0 Å². The lowest BCUT2D eigenvalue weighted by molar-refractivity contribution is -0.140. The lowest BCUT2D eigenvalue weighted by Gasteiger charge is -2.02. The second-order valence-electron chi connectivity index (χ2n) is 2.70. The summed E-state index contributed by atoms with van der Waals surface area (Å²) in [6.45, 7) is 0.134. The molecular formula is C10H10N2O3. The number of carbonyl (C=O) groups is 1. The first kappa shape index (κ1) is 10.9. The Hall–Kier alpha value is -2.13. The molecule has 0 amide bonds. The van der Waals surface area contributed by atoms with Gasteiger partial charge in [-0.2, -0.15) is 4.79 Å². The van der Waals surface area contributed by atoms with E-state index in [1.165, 1.54) is 0 Å². The average Bonchev–Trinajstić information content (AvgIpc) is 2.27. The molecule has 1 rings (SSSR count). The number of rotatable bonds is 4. The van der Waals surface area contributed by atoms with E-state index in [9.17, 15) is 4.79 Å². The number of hydrogen-bond donors (Lipinski definition) is 0. The third-order valence-corrected chi connectivity index (χ3v) is 1.70.